The zero-order chi connectivity index (χ0) is 22.8. The van der Waals surface area contributed by atoms with Crippen molar-refractivity contribution in [3.8, 4) is 11.4 Å². The molecular formula is C26H25FN4O2. The van der Waals surface area contributed by atoms with Crippen molar-refractivity contribution in [2.24, 2.45) is 5.92 Å². The second-order valence-electron chi connectivity index (χ2n) is 8.67. The van der Waals surface area contributed by atoms with Crippen LogP contribution >= 0.6 is 0 Å². The molecule has 1 aromatic carbocycles. The van der Waals surface area contributed by atoms with Crippen LogP contribution in [0.15, 0.2) is 61.1 Å². The van der Waals surface area contributed by atoms with Crippen molar-refractivity contribution < 1.29 is 13.9 Å². The van der Waals surface area contributed by atoms with Gasteiger partial charge in [0.25, 0.3) is 0 Å². The largest absolute Gasteiger partial charge is 0.490 e. The molecule has 7 heteroatoms. The SMILES string of the molecule is Cc1cc(-n2ncc3cc(CC(=O)C[C@H]4CCC[C@@H]4Oc4ccc(F)cc4)ncc32)ccn1. The predicted octanol–water partition coefficient (Wildman–Crippen LogP) is 5.01. The second kappa shape index (κ2) is 9.10. The van der Waals surface area contributed by atoms with Gasteiger partial charge in [-0.2, -0.15) is 5.10 Å². The minimum atomic E-state index is -0.286. The summed E-state index contributed by atoms with van der Waals surface area (Å²) in [6.45, 7) is 1.94. The van der Waals surface area contributed by atoms with Crippen LogP contribution in [0.25, 0.3) is 16.6 Å². The second-order valence-corrected chi connectivity index (χ2v) is 8.67. The normalized spacial score (nSPS) is 18.0. The molecule has 0 bridgehead atoms. The van der Waals surface area contributed by atoms with Gasteiger partial charge in [0.15, 0.2) is 0 Å². The molecule has 3 heterocycles. The lowest BCUT2D eigenvalue weighted by Crippen LogP contribution is -2.24. The molecule has 0 aliphatic heterocycles. The first-order chi connectivity index (χ1) is 16.0. The molecule has 1 fully saturated rings. The Balaban J connectivity index is 1.25. The number of carbonyl (C=O) groups excluding carboxylic acids is 1. The average molecular weight is 445 g/mol. The Hall–Kier alpha value is -3.61. The molecule has 1 aliphatic rings. The number of benzene rings is 1. The number of hydrogen-bond acceptors (Lipinski definition) is 5. The average Bonchev–Trinajstić information content (AvgIpc) is 3.42. The van der Waals surface area contributed by atoms with Gasteiger partial charge < -0.3 is 4.74 Å². The van der Waals surface area contributed by atoms with Crippen LogP contribution in [-0.4, -0.2) is 31.6 Å². The van der Waals surface area contributed by atoms with E-state index in [0.717, 1.165) is 47.2 Å². The van der Waals surface area contributed by atoms with Crippen molar-refractivity contribution in [2.45, 2.75) is 45.1 Å². The molecule has 168 valence electrons. The van der Waals surface area contributed by atoms with Crippen molar-refractivity contribution in [2.75, 3.05) is 0 Å². The maximum atomic E-state index is 13.1. The van der Waals surface area contributed by atoms with Crippen LogP contribution in [0.1, 0.15) is 37.1 Å². The lowest BCUT2D eigenvalue weighted by Gasteiger charge is -2.20. The van der Waals surface area contributed by atoms with Gasteiger partial charge in [0.05, 0.1) is 23.6 Å². The highest BCUT2D eigenvalue weighted by atomic mass is 19.1. The van der Waals surface area contributed by atoms with E-state index in [-0.39, 0.29) is 30.0 Å². The summed E-state index contributed by atoms with van der Waals surface area (Å²) in [5.74, 6) is 0.684. The first kappa shape index (κ1) is 21.2. The number of fused-ring (bicyclic) bond motifs is 1. The van der Waals surface area contributed by atoms with Gasteiger partial charge in [-0.15, -0.1) is 0 Å². The number of carbonyl (C=O) groups is 1. The molecule has 2 atom stereocenters. The molecule has 0 unspecified atom stereocenters. The number of rotatable bonds is 7. The Bertz CT molecular complexity index is 1290. The fraction of sp³-hybridized carbons (Fsp3) is 0.308. The number of hydrogen-bond donors (Lipinski definition) is 0. The lowest BCUT2D eigenvalue weighted by atomic mass is 9.96. The minimum absolute atomic E-state index is 0.0168. The van der Waals surface area contributed by atoms with E-state index in [4.69, 9.17) is 4.74 Å². The third kappa shape index (κ3) is 4.77. The molecule has 1 saturated carbocycles. The molecular weight excluding hydrogens is 419 g/mol. The highest BCUT2D eigenvalue weighted by molar-refractivity contribution is 5.84. The molecule has 0 spiro atoms. The van der Waals surface area contributed by atoms with Gasteiger partial charge in [0, 0.05) is 41.7 Å². The molecule has 5 rings (SSSR count). The summed E-state index contributed by atoms with van der Waals surface area (Å²) >= 11 is 0. The van der Waals surface area contributed by atoms with Gasteiger partial charge in [-0.25, -0.2) is 9.07 Å². The molecule has 0 radical (unpaired) electrons. The summed E-state index contributed by atoms with van der Waals surface area (Å²) in [4.78, 5) is 21.6. The number of aromatic nitrogens is 4. The van der Waals surface area contributed by atoms with Crippen LogP contribution in [0.4, 0.5) is 4.39 Å². The molecule has 1 aliphatic carbocycles. The zero-order valence-corrected chi connectivity index (χ0v) is 18.4. The van der Waals surface area contributed by atoms with Crippen molar-refractivity contribution >= 4 is 16.7 Å². The molecule has 6 nitrogen and oxygen atoms in total. The third-order valence-corrected chi connectivity index (χ3v) is 6.19. The molecule has 4 aromatic rings. The number of Topliss-reactive ketones (excluding diaryl/α,β-unsaturated/α-hetero) is 1. The zero-order valence-electron chi connectivity index (χ0n) is 18.4. The number of ketones is 1. The Morgan fingerprint density at radius 1 is 1.12 bits per heavy atom. The predicted molar refractivity (Wildman–Crippen MR) is 123 cm³/mol. The van der Waals surface area contributed by atoms with Gasteiger partial charge in [-0.05, 0) is 68.7 Å². The number of ether oxygens (including phenoxy) is 1. The van der Waals surface area contributed by atoms with Gasteiger partial charge >= 0.3 is 0 Å². The lowest BCUT2D eigenvalue weighted by molar-refractivity contribution is -0.119. The molecule has 3 aromatic heterocycles. The van der Waals surface area contributed by atoms with E-state index in [0.29, 0.717) is 12.2 Å². The number of halogens is 1. The topological polar surface area (TPSA) is 69.9 Å². The van der Waals surface area contributed by atoms with Crippen LogP contribution in [-0.2, 0) is 11.2 Å². The standard InChI is InChI=1S/C26H25FN4O2/c1-17-11-22(9-10-28-17)31-25-16-29-21(12-19(25)15-30-31)14-23(32)13-18-3-2-4-26(18)33-24-7-5-20(27)6-8-24/h5-12,15-16,18,26H,2-4,13-14H2,1H3/t18-,26+/m1/s1. The van der Waals surface area contributed by atoms with Crippen molar-refractivity contribution in [3.05, 3.63) is 78.3 Å². The van der Waals surface area contributed by atoms with Crippen LogP contribution in [0, 0.1) is 18.7 Å². The first-order valence-corrected chi connectivity index (χ1v) is 11.2. The maximum Gasteiger partial charge on any atom is 0.139 e. The Morgan fingerprint density at radius 2 is 1.97 bits per heavy atom. The Labute approximate surface area is 191 Å². The summed E-state index contributed by atoms with van der Waals surface area (Å²) in [6.07, 6.45) is 8.96. The number of aryl methyl sites for hydroxylation is 1. The Morgan fingerprint density at radius 3 is 2.79 bits per heavy atom. The number of pyridine rings is 2. The van der Waals surface area contributed by atoms with Gasteiger partial charge in [-0.1, -0.05) is 0 Å². The summed E-state index contributed by atoms with van der Waals surface area (Å²) in [5.41, 5.74) is 3.48. The quantitative estimate of drug-likeness (QED) is 0.401. The van der Waals surface area contributed by atoms with E-state index in [1.165, 1.54) is 12.1 Å². The maximum absolute atomic E-state index is 13.1. The van der Waals surface area contributed by atoms with Crippen LogP contribution in [0.2, 0.25) is 0 Å². The molecule has 0 saturated heterocycles. The summed E-state index contributed by atoms with van der Waals surface area (Å²) in [6, 6.07) is 11.9. The van der Waals surface area contributed by atoms with E-state index in [2.05, 4.69) is 15.1 Å². The smallest absolute Gasteiger partial charge is 0.139 e. The van der Waals surface area contributed by atoms with E-state index in [1.54, 1.807) is 30.7 Å². The van der Waals surface area contributed by atoms with Crippen molar-refractivity contribution in [3.63, 3.8) is 0 Å². The fourth-order valence-corrected chi connectivity index (χ4v) is 4.58. The fourth-order valence-electron chi connectivity index (χ4n) is 4.58. The van der Waals surface area contributed by atoms with E-state index in [1.807, 2.05) is 29.8 Å². The van der Waals surface area contributed by atoms with Crippen LogP contribution < -0.4 is 4.74 Å². The third-order valence-electron chi connectivity index (χ3n) is 6.19. The van der Waals surface area contributed by atoms with Crippen LogP contribution in [0.5, 0.6) is 5.75 Å². The highest BCUT2D eigenvalue weighted by Crippen LogP contribution is 2.32. The van der Waals surface area contributed by atoms with E-state index >= 15 is 0 Å². The summed E-state index contributed by atoms with van der Waals surface area (Å²) in [5, 5.41) is 5.43. The van der Waals surface area contributed by atoms with Gasteiger partial charge in [-0.3, -0.25) is 14.8 Å². The van der Waals surface area contributed by atoms with Crippen molar-refractivity contribution in [1.82, 2.24) is 19.7 Å². The Kier molecular flexibility index (Phi) is 5.86. The van der Waals surface area contributed by atoms with Gasteiger partial charge in [0.2, 0.25) is 0 Å². The first-order valence-electron chi connectivity index (χ1n) is 11.2. The summed E-state index contributed by atoms with van der Waals surface area (Å²) in [7, 11) is 0. The molecule has 33 heavy (non-hydrogen) atoms. The van der Waals surface area contributed by atoms with Gasteiger partial charge in [0.1, 0.15) is 23.5 Å². The van der Waals surface area contributed by atoms with Crippen molar-refractivity contribution in [1.29, 1.82) is 0 Å². The van der Waals surface area contributed by atoms with Crippen LogP contribution in [0.3, 0.4) is 0 Å². The summed E-state index contributed by atoms with van der Waals surface area (Å²) < 4.78 is 21.0. The monoisotopic (exact) mass is 444 g/mol. The van der Waals surface area contributed by atoms with E-state index in [9.17, 15) is 9.18 Å². The highest BCUT2D eigenvalue weighted by Gasteiger charge is 2.31. The number of nitrogens with zero attached hydrogens (tertiary/aromatic N) is 4. The molecule has 0 N–H and O–H groups in total. The molecule has 0 amide bonds. The minimum Gasteiger partial charge on any atom is -0.490 e. The van der Waals surface area contributed by atoms with E-state index < -0.39 is 0 Å².